The van der Waals surface area contributed by atoms with Gasteiger partial charge in [-0.25, -0.2) is 0 Å². The van der Waals surface area contributed by atoms with E-state index in [1.54, 1.807) is 0 Å². The van der Waals surface area contributed by atoms with E-state index in [2.05, 4.69) is 27.6 Å². The standard InChI is InChI=1S/C19H21N3O2/c1-13(2)18-21-19(24-22-18)20-12-17(23)16-10-8-15(9-11-16)14-6-4-3-5-7-14/h3-11,13,17,23H,12H2,1-2H3,(H,20,21,22). The van der Waals surface area contributed by atoms with E-state index in [4.69, 9.17) is 4.52 Å². The Kier molecular flexibility index (Phi) is 4.91. The monoisotopic (exact) mass is 323 g/mol. The number of aliphatic hydroxyl groups excluding tert-OH is 1. The molecule has 0 aliphatic heterocycles. The first-order valence-corrected chi connectivity index (χ1v) is 8.04. The molecule has 3 rings (SSSR count). The number of benzene rings is 2. The fourth-order valence-electron chi connectivity index (χ4n) is 2.37. The smallest absolute Gasteiger partial charge is 0.321 e. The lowest BCUT2D eigenvalue weighted by Crippen LogP contribution is -2.12. The van der Waals surface area contributed by atoms with Crippen molar-refractivity contribution in [3.05, 3.63) is 66.0 Å². The first kappa shape index (κ1) is 16.2. The molecule has 0 spiro atoms. The van der Waals surface area contributed by atoms with E-state index < -0.39 is 6.10 Å². The molecule has 1 unspecified atom stereocenters. The van der Waals surface area contributed by atoms with Crippen molar-refractivity contribution in [3.8, 4) is 11.1 Å². The van der Waals surface area contributed by atoms with Crippen molar-refractivity contribution < 1.29 is 9.63 Å². The maximum Gasteiger partial charge on any atom is 0.321 e. The van der Waals surface area contributed by atoms with Crippen molar-refractivity contribution in [1.82, 2.24) is 10.1 Å². The average molecular weight is 323 g/mol. The van der Waals surface area contributed by atoms with Crippen molar-refractivity contribution in [2.75, 3.05) is 11.9 Å². The highest BCUT2D eigenvalue weighted by Gasteiger charge is 2.12. The number of hydrogen-bond donors (Lipinski definition) is 2. The van der Waals surface area contributed by atoms with Crippen LogP contribution in [0.25, 0.3) is 11.1 Å². The number of anilines is 1. The maximum atomic E-state index is 10.3. The second-order valence-electron chi connectivity index (χ2n) is 6.00. The summed E-state index contributed by atoms with van der Waals surface area (Å²) in [5, 5.41) is 17.2. The molecular formula is C19H21N3O2. The summed E-state index contributed by atoms with van der Waals surface area (Å²) in [5.41, 5.74) is 3.12. The zero-order valence-corrected chi connectivity index (χ0v) is 13.8. The van der Waals surface area contributed by atoms with Gasteiger partial charge in [-0.2, -0.15) is 4.98 Å². The fraction of sp³-hybridized carbons (Fsp3) is 0.263. The van der Waals surface area contributed by atoms with Crippen LogP contribution in [-0.4, -0.2) is 21.8 Å². The number of nitrogens with one attached hydrogen (secondary N) is 1. The van der Waals surface area contributed by atoms with Gasteiger partial charge in [0.05, 0.1) is 6.10 Å². The van der Waals surface area contributed by atoms with Crippen LogP contribution in [0.5, 0.6) is 0 Å². The number of hydrogen-bond acceptors (Lipinski definition) is 5. The van der Waals surface area contributed by atoms with Crippen LogP contribution in [-0.2, 0) is 0 Å². The largest absolute Gasteiger partial charge is 0.387 e. The third-order valence-electron chi connectivity index (χ3n) is 3.81. The molecule has 0 fully saturated rings. The second kappa shape index (κ2) is 7.27. The zero-order valence-electron chi connectivity index (χ0n) is 13.8. The molecule has 0 aliphatic carbocycles. The lowest BCUT2D eigenvalue weighted by molar-refractivity contribution is 0.190. The van der Waals surface area contributed by atoms with E-state index in [1.807, 2.05) is 56.3 Å². The zero-order chi connectivity index (χ0) is 16.9. The van der Waals surface area contributed by atoms with Crippen molar-refractivity contribution in [2.24, 2.45) is 0 Å². The molecule has 1 atom stereocenters. The molecule has 24 heavy (non-hydrogen) atoms. The molecule has 0 radical (unpaired) electrons. The molecule has 2 N–H and O–H groups in total. The van der Waals surface area contributed by atoms with Crippen LogP contribution in [0, 0.1) is 0 Å². The molecule has 0 aliphatic rings. The Morgan fingerprint density at radius 1 is 1.00 bits per heavy atom. The van der Waals surface area contributed by atoms with Gasteiger partial charge < -0.3 is 14.9 Å². The predicted molar refractivity (Wildman–Crippen MR) is 93.7 cm³/mol. The van der Waals surface area contributed by atoms with Crippen molar-refractivity contribution in [2.45, 2.75) is 25.9 Å². The summed E-state index contributed by atoms with van der Waals surface area (Å²) in [6.45, 7) is 4.31. The van der Waals surface area contributed by atoms with E-state index in [9.17, 15) is 5.11 Å². The highest BCUT2D eigenvalue weighted by molar-refractivity contribution is 5.63. The third-order valence-corrected chi connectivity index (χ3v) is 3.81. The molecule has 1 heterocycles. The topological polar surface area (TPSA) is 71.2 Å². The molecular weight excluding hydrogens is 302 g/mol. The number of nitrogens with zero attached hydrogens (tertiary/aromatic N) is 2. The van der Waals surface area contributed by atoms with Gasteiger partial charge in [0.1, 0.15) is 0 Å². The van der Waals surface area contributed by atoms with Gasteiger partial charge in [-0.05, 0) is 16.7 Å². The lowest BCUT2D eigenvalue weighted by atomic mass is 10.0. The van der Waals surface area contributed by atoms with Crippen molar-refractivity contribution in [3.63, 3.8) is 0 Å². The molecule has 3 aromatic rings. The average Bonchev–Trinajstić information content (AvgIpc) is 3.10. The van der Waals surface area contributed by atoms with Gasteiger partial charge in [0, 0.05) is 12.5 Å². The third kappa shape index (κ3) is 3.81. The van der Waals surface area contributed by atoms with Gasteiger partial charge in [-0.1, -0.05) is 73.6 Å². The number of aliphatic hydroxyl groups is 1. The van der Waals surface area contributed by atoms with E-state index in [0.717, 1.165) is 16.7 Å². The molecule has 0 bridgehead atoms. The van der Waals surface area contributed by atoms with E-state index in [-0.39, 0.29) is 5.92 Å². The van der Waals surface area contributed by atoms with Gasteiger partial charge in [0.15, 0.2) is 5.82 Å². The minimum atomic E-state index is -0.649. The van der Waals surface area contributed by atoms with Crippen LogP contribution in [0.15, 0.2) is 59.1 Å². The van der Waals surface area contributed by atoms with Crippen LogP contribution in [0.4, 0.5) is 6.01 Å². The molecule has 1 aromatic heterocycles. The molecule has 0 saturated carbocycles. The Morgan fingerprint density at radius 2 is 1.67 bits per heavy atom. The second-order valence-corrected chi connectivity index (χ2v) is 6.00. The predicted octanol–water partition coefficient (Wildman–Crippen LogP) is 4.01. The highest BCUT2D eigenvalue weighted by Crippen LogP contribution is 2.22. The van der Waals surface area contributed by atoms with Crippen LogP contribution >= 0.6 is 0 Å². The summed E-state index contributed by atoms with van der Waals surface area (Å²) in [6, 6.07) is 18.4. The Bertz CT molecular complexity index is 767. The molecule has 0 amide bonds. The van der Waals surface area contributed by atoms with E-state index in [1.165, 1.54) is 0 Å². The van der Waals surface area contributed by atoms with Gasteiger partial charge >= 0.3 is 6.01 Å². The van der Waals surface area contributed by atoms with Crippen molar-refractivity contribution >= 4 is 6.01 Å². The van der Waals surface area contributed by atoms with Gasteiger partial charge in [0.25, 0.3) is 0 Å². The maximum absolute atomic E-state index is 10.3. The van der Waals surface area contributed by atoms with E-state index >= 15 is 0 Å². The fourth-order valence-corrected chi connectivity index (χ4v) is 2.37. The first-order chi connectivity index (χ1) is 11.6. The first-order valence-electron chi connectivity index (χ1n) is 8.04. The molecule has 0 saturated heterocycles. The van der Waals surface area contributed by atoms with Gasteiger partial charge in [-0.15, -0.1) is 0 Å². The summed E-state index contributed by atoms with van der Waals surface area (Å²) in [4.78, 5) is 4.23. The SMILES string of the molecule is CC(C)c1noc(NCC(O)c2ccc(-c3ccccc3)cc2)n1. The summed E-state index contributed by atoms with van der Waals surface area (Å²) in [5.74, 6) is 0.860. The van der Waals surface area contributed by atoms with Gasteiger partial charge in [0.2, 0.25) is 0 Å². The minimum Gasteiger partial charge on any atom is -0.387 e. The van der Waals surface area contributed by atoms with Gasteiger partial charge in [-0.3, -0.25) is 0 Å². The minimum absolute atomic E-state index is 0.208. The van der Waals surface area contributed by atoms with Crippen molar-refractivity contribution in [1.29, 1.82) is 0 Å². The Hall–Kier alpha value is -2.66. The normalized spacial score (nSPS) is 12.3. The molecule has 124 valence electrons. The summed E-state index contributed by atoms with van der Waals surface area (Å²) < 4.78 is 5.11. The summed E-state index contributed by atoms with van der Waals surface area (Å²) in [7, 11) is 0. The van der Waals surface area contributed by atoms with Crippen LogP contribution < -0.4 is 5.32 Å². The Morgan fingerprint density at radius 3 is 2.29 bits per heavy atom. The number of rotatable bonds is 6. The van der Waals surface area contributed by atoms with Crippen LogP contribution in [0.3, 0.4) is 0 Å². The summed E-state index contributed by atoms with van der Waals surface area (Å²) in [6.07, 6.45) is -0.649. The highest BCUT2D eigenvalue weighted by atomic mass is 16.5. The Balaban J connectivity index is 1.61. The molecule has 5 heteroatoms. The van der Waals surface area contributed by atoms with Crippen LogP contribution in [0.1, 0.15) is 37.3 Å². The Labute approximate surface area is 141 Å². The molecule has 2 aromatic carbocycles. The van der Waals surface area contributed by atoms with E-state index in [0.29, 0.717) is 18.4 Å². The quantitative estimate of drug-likeness (QED) is 0.717. The van der Waals surface area contributed by atoms with Crippen LogP contribution in [0.2, 0.25) is 0 Å². The lowest BCUT2D eigenvalue weighted by Gasteiger charge is -2.11. The summed E-state index contributed by atoms with van der Waals surface area (Å²) >= 11 is 0. The number of aromatic nitrogens is 2. The molecule has 5 nitrogen and oxygen atoms in total.